The molecule has 5 nitrogen and oxygen atoms in total. The summed E-state index contributed by atoms with van der Waals surface area (Å²) in [6, 6.07) is 10.2. The van der Waals surface area contributed by atoms with E-state index in [0.717, 1.165) is 47.1 Å². The molecule has 142 valence electrons. The zero-order valence-electron chi connectivity index (χ0n) is 15.1. The maximum Gasteiger partial charge on any atom is 0.303 e. The van der Waals surface area contributed by atoms with E-state index in [9.17, 15) is 4.79 Å². The number of carboxylic acid groups (broad SMARTS) is 1. The van der Waals surface area contributed by atoms with E-state index in [0.29, 0.717) is 12.5 Å². The molecular weight excluding hydrogens is 362 g/mol. The summed E-state index contributed by atoms with van der Waals surface area (Å²) in [7, 11) is 0. The summed E-state index contributed by atoms with van der Waals surface area (Å²) in [6.45, 7) is 0. The van der Waals surface area contributed by atoms with Crippen molar-refractivity contribution in [3.63, 3.8) is 0 Å². The van der Waals surface area contributed by atoms with Crippen LogP contribution >= 0.6 is 11.8 Å². The van der Waals surface area contributed by atoms with Gasteiger partial charge in [-0.2, -0.15) is 0 Å². The molecule has 1 aromatic heterocycles. The molecule has 1 aliphatic carbocycles. The van der Waals surface area contributed by atoms with Crippen LogP contribution in [0.25, 0.3) is 0 Å². The van der Waals surface area contributed by atoms with Crippen LogP contribution in [-0.2, 0) is 11.2 Å². The molecule has 1 unspecified atom stereocenters. The third-order valence-corrected chi connectivity index (χ3v) is 6.06. The first-order chi connectivity index (χ1) is 13.2. The number of aromatic nitrogens is 1. The predicted molar refractivity (Wildman–Crippen MR) is 103 cm³/mol. The first-order valence-electron chi connectivity index (χ1n) is 9.48. The number of nitrogens with zero attached hydrogens (tertiary/aromatic N) is 1. The Hall–Kier alpha value is -2.21. The minimum absolute atomic E-state index is 0.00657. The standard InChI is InChI=1S/C21H23NO4S/c23-20(24)11-8-16-7-6-14-13-17(9-10-18(14)25-16)27-19-5-2-12-22-21(19)26-15-3-1-4-15/h2,5,9-10,12-13,15-16H,1,3-4,6-8,11H2,(H,23,24). The van der Waals surface area contributed by atoms with Crippen LogP contribution in [0.3, 0.4) is 0 Å². The van der Waals surface area contributed by atoms with E-state index in [-0.39, 0.29) is 12.5 Å². The summed E-state index contributed by atoms with van der Waals surface area (Å²) in [5.74, 6) is 0.820. The van der Waals surface area contributed by atoms with Gasteiger partial charge in [-0.1, -0.05) is 11.8 Å². The lowest BCUT2D eigenvalue weighted by molar-refractivity contribution is -0.137. The molecule has 1 aromatic carbocycles. The fourth-order valence-electron chi connectivity index (χ4n) is 3.29. The molecule has 2 aromatic rings. The number of ether oxygens (including phenoxy) is 2. The smallest absolute Gasteiger partial charge is 0.303 e. The number of rotatable bonds is 7. The van der Waals surface area contributed by atoms with Gasteiger partial charge in [-0.3, -0.25) is 4.79 Å². The van der Waals surface area contributed by atoms with Crippen LogP contribution in [0.4, 0.5) is 0 Å². The van der Waals surface area contributed by atoms with Gasteiger partial charge in [-0.25, -0.2) is 4.98 Å². The highest BCUT2D eigenvalue weighted by atomic mass is 32.2. The van der Waals surface area contributed by atoms with Gasteiger partial charge >= 0.3 is 5.97 Å². The van der Waals surface area contributed by atoms with Crippen LogP contribution in [0.5, 0.6) is 11.6 Å². The summed E-state index contributed by atoms with van der Waals surface area (Å²) >= 11 is 1.66. The van der Waals surface area contributed by atoms with Crippen molar-refractivity contribution in [1.29, 1.82) is 0 Å². The predicted octanol–water partition coefficient (Wildman–Crippen LogP) is 4.72. The maximum absolute atomic E-state index is 10.7. The maximum atomic E-state index is 10.7. The summed E-state index contributed by atoms with van der Waals surface area (Å²) in [5, 5.41) is 8.84. The lowest BCUT2D eigenvalue weighted by atomic mass is 9.96. The Morgan fingerprint density at radius 2 is 2.19 bits per heavy atom. The Morgan fingerprint density at radius 3 is 2.96 bits per heavy atom. The molecule has 0 spiro atoms. The van der Waals surface area contributed by atoms with Crippen LogP contribution in [0.1, 0.15) is 44.1 Å². The van der Waals surface area contributed by atoms with E-state index < -0.39 is 5.97 Å². The van der Waals surface area contributed by atoms with Crippen molar-refractivity contribution >= 4 is 17.7 Å². The number of pyridine rings is 1. The van der Waals surface area contributed by atoms with Gasteiger partial charge in [0.2, 0.25) is 5.88 Å². The molecule has 2 aliphatic rings. The number of hydrogen-bond donors (Lipinski definition) is 1. The highest BCUT2D eigenvalue weighted by Crippen LogP contribution is 2.39. The van der Waals surface area contributed by atoms with Gasteiger partial charge < -0.3 is 14.6 Å². The second-order valence-corrected chi connectivity index (χ2v) is 8.18. The van der Waals surface area contributed by atoms with Crippen molar-refractivity contribution in [3.8, 4) is 11.6 Å². The van der Waals surface area contributed by atoms with Crippen molar-refractivity contribution in [2.24, 2.45) is 0 Å². The zero-order chi connectivity index (χ0) is 18.6. The number of aliphatic carboxylic acids is 1. The largest absolute Gasteiger partial charge is 0.490 e. The molecule has 1 aliphatic heterocycles. The molecule has 27 heavy (non-hydrogen) atoms. The molecule has 6 heteroatoms. The Kier molecular flexibility index (Phi) is 5.53. The molecule has 0 radical (unpaired) electrons. The Balaban J connectivity index is 1.43. The topological polar surface area (TPSA) is 68.7 Å². The fourth-order valence-corrected chi connectivity index (χ4v) is 4.21. The Bertz CT molecular complexity index is 822. The number of carbonyl (C=O) groups is 1. The van der Waals surface area contributed by atoms with E-state index in [1.54, 1.807) is 18.0 Å². The molecule has 0 bridgehead atoms. The van der Waals surface area contributed by atoms with Crippen molar-refractivity contribution in [1.82, 2.24) is 4.98 Å². The van der Waals surface area contributed by atoms with E-state index in [1.165, 1.54) is 12.0 Å². The number of hydrogen-bond acceptors (Lipinski definition) is 5. The van der Waals surface area contributed by atoms with Gasteiger partial charge in [0.25, 0.3) is 0 Å². The minimum Gasteiger partial charge on any atom is -0.490 e. The third kappa shape index (κ3) is 4.56. The van der Waals surface area contributed by atoms with Gasteiger partial charge in [0, 0.05) is 17.5 Å². The molecule has 1 fully saturated rings. The van der Waals surface area contributed by atoms with Gasteiger partial charge in [0.15, 0.2) is 0 Å². The summed E-state index contributed by atoms with van der Waals surface area (Å²) < 4.78 is 12.0. The van der Waals surface area contributed by atoms with Crippen molar-refractivity contribution in [2.75, 3.05) is 0 Å². The van der Waals surface area contributed by atoms with Crippen LogP contribution in [0.15, 0.2) is 46.3 Å². The lowest BCUT2D eigenvalue weighted by Crippen LogP contribution is -2.25. The lowest BCUT2D eigenvalue weighted by Gasteiger charge is -2.27. The van der Waals surface area contributed by atoms with E-state index in [2.05, 4.69) is 11.1 Å². The molecule has 4 rings (SSSR count). The van der Waals surface area contributed by atoms with Gasteiger partial charge in [-0.05, 0) is 74.4 Å². The molecule has 1 N–H and O–H groups in total. The molecule has 0 amide bonds. The van der Waals surface area contributed by atoms with Crippen LogP contribution in [-0.4, -0.2) is 28.3 Å². The average molecular weight is 385 g/mol. The van der Waals surface area contributed by atoms with Gasteiger partial charge in [0.1, 0.15) is 11.9 Å². The zero-order valence-corrected chi connectivity index (χ0v) is 15.9. The van der Waals surface area contributed by atoms with E-state index >= 15 is 0 Å². The second-order valence-electron chi connectivity index (χ2n) is 7.06. The van der Waals surface area contributed by atoms with Gasteiger partial charge in [-0.15, -0.1) is 0 Å². The fraction of sp³-hybridized carbons (Fsp3) is 0.429. The Morgan fingerprint density at radius 1 is 1.30 bits per heavy atom. The third-order valence-electron chi connectivity index (χ3n) is 5.04. The van der Waals surface area contributed by atoms with Crippen LogP contribution in [0.2, 0.25) is 0 Å². The summed E-state index contributed by atoms with van der Waals surface area (Å²) in [5.41, 5.74) is 1.18. The SMILES string of the molecule is O=C(O)CCC1CCc2cc(Sc3cccnc3OC3CCC3)ccc2O1. The minimum atomic E-state index is -0.771. The Labute approximate surface area is 163 Å². The molecular formula is C21H23NO4S. The number of benzene rings is 1. The summed E-state index contributed by atoms with van der Waals surface area (Å²) in [4.78, 5) is 17.3. The molecule has 1 saturated carbocycles. The van der Waals surface area contributed by atoms with Crippen LogP contribution < -0.4 is 9.47 Å². The van der Waals surface area contributed by atoms with Crippen LogP contribution in [0, 0.1) is 0 Å². The second kappa shape index (κ2) is 8.21. The van der Waals surface area contributed by atoms with Crippen molar-refractivity contribution < 1.29 is 19.4 Å². The van der Waals surface area contributed by atoms with E-state index in [1.807, 2.05) is 24.3 Å². The highest BCUT2D eigenvalue weighted by molar-refractivity contribution is 7.99. The van der Waals surface area contributed by atoms with E-state index in [4.69, 9.17) is 14.6 Å². The number of fused-ring (bicyclic) bond motifs is 1. The summed E-state index contributed by atoms with van der Waals surface area (Å²) in [6.07, 6.45) is 8.01. The van der Waals surface area contributed by atoms with Crippen molar-refractivity contribution in [2.45, 2.75) is 66.9 Å². The molecule has 2 heterocycles. The van der Waals surface area contributed by atoms with Gasteiger partial charge in [0.05, 0.1) is 11.0 Å². The first kappa shape index (κ1) is 18.2. The number of aryl methyl sites for hydroxylation is 1. The molecule has 1 atom stereocenters. The first-order valence-corrected chi connectivity index (χ1v) is 10.3. The average Bonchev–Trinajstić information content (AvgIpc) is 2.64. The van der Waals surface area contributed by atoms with Crippen molar-refractivity contribution in [3.05, 3.63) is 42.1 Å². The normalized spacial score (nSPS) is 18.9. The highest BCUT2D eigenvalue weighted by Gasteiger charge is 2.23. The molecule has 0 saturated heterocycles. The number of carboxylic acids is 1. The quantitative estimate of drug-likeness (QED) is 0.744. The monoisotopic (exact) mass is 385 g/mol.